The van der Waals surface area contributed by atoms with Crippen molar-refractivity contribution >= 4 is 21.9 Å². The van der Waals surface area contributed by atoms with Crippen LogP contribution in [0.4, 0.5) is 0 Å². The van der Waals surface area contributed by atoms with Crippen LogP contribution in [0, 0.1) is 0 Å². The Morgan fingerprint density at radius 3 is 2.52 bits per heavy atom. The lowest BCUT2D eigenvalue weighted by molar-refractivity contribution is -0.139. The quantitative estimate of drug-likeness (QED) is 0.568. The maximum Gasteiger partial charge on any atom is 0.321 e. The van der Waals surface area contributed by atoms with Gasteiger partial charge in [-0.15, -0.1) is 0 Å². The van der Waals surface area contributed by atoms with Gasteiger partial charge in [0.25, 0.3) is 0 Å². The third kappa shape index (κ3) is 6.35. The van der Waals surface area contributed by atoms with Crippen LogP contribution in [0.15, 0.2) is 23.1 Å². The molecular weight excluding hydrogens is 348 g/mol. The van der Waals surface area contributed by atoms with E-state index in [0.717, 1.165) is 6.42 Å². The molecule has 0 bridgehead atoms. The van der Waals surface area contributed by atoms with Crippen LogP contribution in [0.2, 0.25) is 0 Å². The number of carbonyl (C=O) groups is 2. The number of unbranched alkanes of at least 4 members (excludes halogenated alkanes) is 1. The Labute approximate surface area is 147 Å². The van der Waals surface area contributed by atoms with Crippen molar-refractivity contribution < 1.29 is 27.9 Å². The van der Waals surface area contributed by atoms with E-state index in [0.29, 0.717) is 12.0 Å². The number of ether oxygens (including phenoxy) is 1. The van der Waals surface area contributed by atoms with Crippen LogP contribution in [-0.4, -0.2) is 38.6 Å². The highest BCUT2D eigenvalue weighted by Crippen LogP contribution is 2.25. The molecular formula is C16H24N2O6S. The summed E-state index contributed by atoms with van der Waals surface area (Å²) in [5, 5.41) is 11.8. The van der Waals surface area contributed by atoms with Gasteiger partial charge in [-0.05, 0) is 24.1 Å². The first-order chi connectivity index (χ1) is 11.7. The molecule has 9 heteroatoms. The van der Waals surface area contributed by atoms with Crippen LogP contribution in [-0.2, 0) is 26.2 Å². The molecule has 3 N–H and O–H groups in total. The van der Waals surface area contributed by atoms with Crippen LogP contribution in [0.25, 0.3) is 0 Å². The van der Waals surface area contributed by atoms with Gasteiger partial charge in [-0.25, -0.2) is 8.42 Å². The van der Waals surface area contributed by atoms with Crippen molar-refractivity contribution in [2.24, 2.45) is 0 Å². The molecule has 0 saturated heterocycles. The average molecular weight is 372 g/mol. The Balaban J connectivity index is 3.14. The standard InChI is InChI=1S/C16H24N2O6S/c1-4-5-6-13(16(20)21)18-25(22,23)15-9-12(10-17-11(2)19)7-8-14(15)24-3/h7-9,13,18H,4-6,10H2,1-3H3,(H,17,19)(H,20,21). The van der Waals surface area contributed by atoms with E-state index in [9.17, 15) is 23.1 Å². The minimum absolute atomic E-state index is 0.0960. The van der Waals surface area contributed by atoms with Crippen molar-refractivity contribution in [1.82, 2.24) is 10.0 Å². The first kappa shape index (κ1) is 20.9. The van der Waals surface area contributed by atoms with Gasteiger partial charge in [0.15, 0.2) is 0 Å². The molecule has 0 aromatic heterocycles. The molecule has 0 aliphatic heterocycles. The molecule has 0 fully saturated rings. The number of benzene rings is 1. The Bertz CT molecular complexity index is 717. The SMILES string of the molecule is CCCCC(NS(=O)(=O)c1cc(CNC(C)=O)ccc1OC)C(=O)O. The van der Waals surface area contributed by atoms with Gasteiger partial charge < -0.3 is 15.2 Å². The lowest BCUT2D eigenvalue weighted by atomic mass is 10.1. The largest absolute Gasteiger partial charge is 0.495 e. The minimum atomic E-state index is -4.11. The Morgan fingerprint density at radius 1 is 1.32 bits per heavy atom. The number of hydrogen-bond donors (Lipinski definition) is 3. The molecule has 1 aromatic rings. The average Bonchev–Trinajstić information content (AvgIpc) is 2.56. The van der Waals surface area contributed by atoms with Crippen LogP contribution in [0.5, 0.6) is 5.75 Å². The topological polar surface area (TPSA) is 122 Å². The van der Waals surface area contributed by atoms with Gasteiger partial charge in [0, 0.05) is 13.5 Å². The summed E-state index contributed by atoms with van der Waals surface area (Å²) in [5.74, 6) is -1.38. The third-order valence-corrected chi connectivity index (χ3v) is 4.99. The molecule has 140 valence electrons. The van der Waals surface area contributed by atoms with Gasteiger partial charge in [-0.1, -0.05) is 25.8 Å². The molecule has 0 radical (unpaired) electrons. The van der Waals surface area contributed by atoms with Gasteiger partial charge in [0.1, 0.15) is 16.7 Å². The molecule has 0 aliphatic carbocycles. The fourth-order valence-electron chi connectivity index (χ4n) is 2.16. The number of carboxylic acid groups (broad SMARTS) is 1. The van der Waals surface area contributed by atoms with E-state index in [1.54, 1.807) is 6.07 Å². The van der Waals surface area contributed by atoms with E-state index >= 15 is 0 Å². The van der Waals surface area contributed by atoms with E-state index < -0.39 is 22.0 Å². The summed E-state index contributed by atoms with van der Waals surface area (Å²) in [6.07, 6.45) is 1.53. The fraction of sp³-hybridized carbons (Fsp3) is 0.500. The number of carboxylic acids is 1. The van der Waals surface area contributed by atoms with Gasteiger partial charge in [-0.3, -0.25) is 9.59 Å². The van der Waals surface area contributed by atoms with Crippen molar-refractivity contribution in [3.63, 3.8) is 0 Å². The highest BCUT2D eigenvalue weighted by Gasteiger charge is 2.27. The number of nitrogens with one attached hydrogen (secondary N) is 2. The second-order valence-electron chi connectivity index (χ2n) is 5.55. The zero-order valence-corrected chi connectivity index (χ0v) is 15.4. The van der Waals surface area contributed by atoms with Gasteiger partial charge >= 0.3 is 5.97 Å². The number of carbonyl (C=O) groups excluding carboxylic acids is 1. The maximum absolute atomic E-state index is 12.6. The van der Waals surface area contributed by atoms with Crippen molar-refractivity contribution in [3.05, 3.63) is 23.8 Å². The number of amides is 1. The van der Waals surface area contributed by atoms with Crippen molar-refractivity contribution in [3.8, 4) is 5.75 Å². The molecule has 0 saturated carbocycles. The van der Waals surface area contributed by atoms with Crippen LogP contribution < -0.4 is 14.8 Å². The highest BCUT2D eigenvalue weighted by molar-refractivity contribution is 7.89. The van der Waals surface area contributed by atoms with Gasteiger partial charge in [0.2, 0.25) is 15.9 Å². The summed E-state index contributed by atoms with van der Waals surface area (Å²) < 4.78 is 32.6. The Morgan fingerprint density at radius 2 is 2.00 bits per heavy atom. The highest BCUT2D eigenvalue weighted by atomic mass is 32.2. The monoisotopic (exact) mass is 372 g/mol. The lowest BCUT2D eigenvalue weighted by Gasteiger charge is -2.17. The fourth-order valence-corrected chi connectivity index (χ4v) is 3.60. The molecule has 1 unspecified atom stereocenters. The second-order valence-corrected chi connectivity index (χ2v) is 7.23. The predicted octanol–water partition coefficient (Wildman–Crippen LogP) is 1.25. The molecule has 25 heavy (non-hydrogen) atoms. The number of rotatable bonds is 10. The first-order valence-corrected chi connectivity index (χ1v) is 9.36. The van der Waals surface area contributed by atoms with Crippen molar-refractivity contribution in [2.45, 2.75) is 50.6 Å². The predicted molar refractivity (Wildman–Crippen MR) is 91.8 cm³/mol. The van der Waals surface area contributed by atoms with E-state index in [1.807, 2.05) is 6.92 Å². The zero-order valence-electron chi connectivity index (χ0n) is 14.5. The van der Waals surface area contributed by atoms with Crippen molar-refractivity contribution in [1.29, 1.82) is 0 Å². The van der Waals surface area contributed by atoms with E-state index in [-0.39, 0.29) is 29.5 Å². The normalized spacial score (nSPS) is 12.4. The summed E-state index contributed by atoms with van der Waals surface area (Å²) in [6.45, 7) is 3.40. The summed E-state index contributed by atoms with van der Waals surface area (Å²) in [4.78, 5) is 22.2. The Kier molecular flexibility index (Phi) is 7.85. The first-order valence-electron chi connectivity index (χ1n) is 7.87. The van der Waals surface area contributed by atoms with E-state index in [2.05, 4.69) is 10.0 Å². The number of hydrogen-bond acceptors (Lipinski definition) is 5. The molecule has 0 heterocycles. The summed E-state index contributed by atoms with van der Waals surface area (Å²) >= 11 is 0. The molecule has 1 atom stereocenters. The van der Waals surface area contributed by atoms with Crippen LogP contribution >= 0.6 is 0 Å². The van der Waals surface area contributed by atoms with Gasteiger partial charge in [-0.2, -0.15) is 4.72 Å². The number of aliphatic carboxylic acids is 1. The summed E-state index contributed by atoms with van der Waals surface area (Å²) in [5.41, 5.74) is 0.553. The molecule has 1 amide bonds. The maximum atomic E-state index is 12.6. The number of sulfonamides is 1. The second kappa shape index (κ2) is 9.38. The van der Waals surface area contributed by atoms with Crippen molar-refractivity contribution in [2.75, 3.05) is 7.11 Å². The molecule has 0 spiro atoms. The smallest absolute Gasteiger partial charge is 0.321 e. The molecule has 1 aromatic carbocycles. The molecule has 0 aliphatic rings. The minimum Gasteiger partial charge on any atom is -0.495 e. The number of methoxy groups -OCH3 is 1. The third-order valence-electron chi connectivity index (χ3n) is 3.50. The van der Waals surface area contributed by atoms with Crippen LogP contribution in [0.3, 0.4) is 0 Å². The summed E-state index contributed by atoms with van der Waals surface area (Å²) in [6, 6.07) is 3.23. The van der Waals surface area contributed by atoms with E-state index in [4.69, 9.17) is 4.74 Å². The van der Waals surface area contributed by atoms with E-state index in [1.165, 1.54) is 26.2 Å². The lowest BCUT2D eigenvalue weighted by Crippen LogP contribution is -2.40. The van der Waals surface area contributed by atoms with Crippen LogP contribution in [0.1, 0.15) is 38.7 Å². The molecule has 1 rings (SSSR count). The van der Waals surface area contributed by atoms with Gasteiger partial charge in [0.05, 0.1) is 7.11 Å². The Hall–Kier alpha value is -2.13. The molecule has 8 nitrogen and oxygen atoms in total. The summed E-state index contributed by atoms with van der Waals surface area (Å²) in [7, 11) is -2.78. The zero-order chi connectivity index (χ0) is 19.0.